The molecule has 0 bridgehead atoms. The van der Waals surface area contributed by atoms with Crippen molar-refractivity contribution >= 4 is 28.5 Å². The SMILES string of the molecule is COc1cc(CN2CCCN(c3nc(C)c4cc(C)c(C)cc4n3)CC2)cc(Cl)c1O. The molecule has 0 amide bonds. The molecule has 6 nitrogen and oxygen atoms in total. The van der Waals surface area contributed by atoms with E-state index in [-0.39, 0.29) is 5.75 Å². The molecule has 2 heterocycles. The van der Waals surface area contributed by atoms with Crippen molar-refractivity contribution in [3.63, 3.8) is 0 Å². The van der Waals surface area contributed by atoms with Gasteiger partial charge in [0.2, 0.25) is 5.95 Å². The molecule has 0 spiro atoms. The normalized spacial score (nSPS) is 15.3. The molecule has 2 aromatic carbocycles. The highest BCUT2D eigenvalue weighted by Crippen LogP contribution is 2.35. The fraction of sp³-hybridized carbons (Fsp3) is 0.417. The molecule has 1 fully saturated rings. The first-order chi connectivity index (χ1) is 14.9. The number of aryl methyl sites for hydroxylation is 3. The molecule has 1 aromatic heterocycles. The highest BCUT2D eigenvalue weighted by Gasteiger charge is 2.19. The highest BCUT2D eigenvalue weighted by molar-refractivity contribution is 6.32. The van der Waals surface area contributed by atoms with E-state index in [2.05, 4.69) is 42.7 Å². The van der Waals surface area contributed by atoms with Gasteiger partial charge < -0.3 is 14.7 Å². The Labute approximate surface area is 188 Å². The summed E-state index contributed by atoms with van der Waals surface area (Å²) in [5.74, 6) is 1.21. The third-order valence-corrected chi connectivity index (χ3v) is 6.36. The highest BCUT2D eigenvalue weighted by atomic mass is 35.5. The number of hydrogen-bond donors (Lipinski definition) is 1. The largest absolute Gasteiger partial charge is 0.503 e. The van der Waals surface area contributed by atoms with Crippen molar-refractivity contribution in [2.45, 2.75) is 33.7 Å². The molecule has 164 valence electrons. The molecule has 0 radical (unpaired) electrons. The minimum absolute atomic E-state index is 0.00999. The van der Waals surface area contributed by atoms with Gasteiger partial charge in [0.25, 0.3) is 0 Å². The third-order valence-electron chi connectivity index (χ3n) is 6.08. The molecule has 1 aliphatic heterocycles. The van der Waals surface area contributed by atoms with Crippen LogP contribution >= 0.6 is 11.6 Å². The standard InChI is InChI=1S/C24H29ClN4O2/c1-15-10-19-17(3)26-24(27-21(19)11-16(15)2)29-7-5-6-28(8-9-29)14-18-12-20(25)23(30)22(13-18)31-4/h10-13,30H,5-9,14H2,1-4H3. The second-order valence-electron chi connectivity index (χ2n) is 8.31. The van der Waals surface area contributed by atoms with Crippen molar-refractivity contribution < 1.29 is 9.84 Å². The Hall–Kier alpha value is -2.57. The minimum Gasteiger partial charge on any atom is -0.503 e. The molecular weight excluding hydrogens is 412 g/mol. The van der Waals surface area contributed by atoms with E-state index in [1.165, 1.54) is 18.2 Å². The molecule has 4 rings (SSSR count). The summed E-state index contributed by atoms with van der Waals surface area (Å²) in [4.78, 5) is 14.4. The summed E-state index contributed by atoms with van der Waals surface area (Å²) in [6.07, 6.45) is 1.02. The first kappa shape index (κ1) is 21.7. The number of benzene rings is 2. The molecule has 1 N–H and O–H groups in total. The van der Waals surface area contributed by atoms with E-state index in [1.807, 2.05) is 12.1 Å². The Balaban J connectivity index is 1.51. The Kier molecular flexibility index (Phi) is 6.21. The van der Waals surface area contributed by atoms with Crippen LogP contribution in [0.25, 0.3) is 10.9 Å². The molecule has 0 aliphatic carbocycles. The maximum absolute atomic E-state index is 9.97. The van der Waals surface area contributed by atoms with Crippen LogP contribution < -0.4 is 9.64 Å². The van der Waals surface area contributed by atoms with Crippen molar-refractivity contribution in [2.75, 3.05) is 38.2 Å². The van der Waals surface area contributed by atoms with Gasteiger partial charge in [-0.05, 0) is 68.1 Å². The molecule has 7 heteroatoms. The lowest BCUT2D eigenvalue weighted by molar-refractivity contribution is 0.284. The Morgan fingerprint density at radius 3 is 2.55 bits per heavy atom. The summed E-state index contributed by atoms with van der Waals surface area (Å²) < 4.78 is 5.24. The number of rotatable bonds is 4. The molecule has 1 aliphatic rings. The van der Waals surface area contributed by atoms with Crippen LogP contribution in [0, 0.1) is 20.8 Å². The molecule has 0 unspecified atom stereocenters. The zero-order chi connectivity index (χ0) is 22.1. The summed E-state index contributed by atoms with van der Waals surface area (Å²) in [5, 5.41) is 11.4. The van der Waals surface area contributed by atoms with Crippen LogP contribution in [0.2, 0.25) is 5.02 Å². The Bertz CT molecular complexity index is 1120. The van der Waals surface area contributed by atoms with Crippen LogP contribution in [0.4, 0.5) is 5.95 Å². The number of methoxy groups -OCH3 is 1. The van der Waals surface area contributed by atoms with Crippen molar-refractivity contribution in [3.8, 4) is 11.5 Å². The Morgan fingerprint density at radius 1 is 1.00 bits per heavy atom. The summed E-state index contributed by atoms with van der Waals surface area (Å²) in [6, 6.07) is 8.01. The summed E-state index contributed by atoms with van der Waals surface area (Å²) in [6.45, 7) is 10.7. The molecule has 0 saturated carbocycles. The zero-order valence-corrected chi connectivity index (χ0v) is 19.3. The van der Waals surface area contributed by atoms with Crippen LogP contribution in [-0.2, 0) is 6.54 Å². The first-order valence-electron chi connectivity index (χ1n) is 10.6. The maximum atomic E-state index is 9.97. The number of nitrogens with zero attached hydrogens (tertiary/aromatic N) is 4. The molecule has 3 aromatic rings. The molecule has 0 atom stereocenters. The van der Waals surface area contributed by atoms with E-state index in [0.717, 1.165) is 67.3 Å². The number of ether oxygens (including phenoxy) is 1. The van der Waals surface area contributed by atoms with E-state index in [1.54, 1.807) is 0 Å². The van der Waals surface area contributed by atoms with Crippen LogP contribution in [0.15, 0.2) is 24.3 Å². The van der Waals surface area contributed by atoms with Gasteiger partial charge >= 0.3 is 0 Å². The van der Waals surface area contributed by atoms with Gasteiger partial charge in [0.15, 0.2) is 11.5 Å². The van der Waals surface area contributed by atoms with E-state index < -0.39 is 0 Å². The topological polar surface area (TPSA) is 61.7 Å². The number of phenols is 1. The quantitative estimate of drug-likeness (QED) is 0.638. The monoisotopic (exact) mass is 440 g/mol. The average molecular weight is 441 g/mol. The third kappa shape index (κ3) is 4.55. The van der Waals surface area contributed by atoms with Gasteiger partial charge in [-0.25, -0.2) is 9.97 Å². The number of aromatic nitrogens is 2. The lowest BCUT2D eigenvalue weighted by atomic mass is 10.1. The van der Waals surface area contributed by atoms with Gasteiger partial charge in [-0.15, -0.1) is 0 Å². The number of phenolic OH excluding ortho intramolecular Hbond substituents is 1. The van der Waals surface area contributed by atoms with E-state index in [9.17, 15) is 5.11 Å². The van der Waals surface area contributed by atoms with Gasteiger partial charge in [-0.2, -0.15) is 0 Å². The van der Waals surface area contributed by atoms with Crippen LogP contribution in [-0.4, -0.2) is 53.3 Å². The number of aromatic hydroxyl groups is 1. The number of halogens is 1. The summed E-state index contributed by atoms with van der Waals surface area (Å²) >= 11 is 6.16. The zero-order valence-electron chi connectivity index (χ0n) is 18.6. The van der Waals surface area contributed by atoms with Gasteiger partial charge in [0.05, 0.1) is 23.3 Å². The van der Waals surface area contributed by atoms with Crippen LogP contribution in [0.1, 0.15) is 28.8 Å². The summed E-state index contributed by atoms with van der Waals surface area (Å²) in [7, 11) is 1.54. The fourth-order valence-electron chi connectivity index (χ4n) is 4.13. The van der Waals surface area contributed by atoms with Crippen molar-refractivity contribution in [1.29, 1.82) is 0 Å². The number of fused-ring (bicyclic) bond motifs is 1. The Morgan fingerprint density at radius 2 is 1.77 bits per heavy atom. The second kappa shape index (κ2) is 8.89. The molecular formula is C24H29ClN4O2. The van der Waals surface area contributed by atoms with E-state index >= 15 is 0 Å². The van der Waals surface area contributed by atoms with Crippen molar-refractivity contribution in [3.05, 3.63) is 51.7 Å². The van der Waals surface area contributed by atoms with E-state index in [0.29, 0.717) is 10.8 Å². The minimum atomic E-state index is -0.00999. The van der Waals surface area contributed by atoms with Gasteiger partial charge in [-0.3, -0.25) is 4.90 Å². The van der Waals surface area contributed by atoms with E-state index in [4.69, 9.17) is 26.3 Å². The molecule has 31 heavy (non-hydrogen) atoms. The molecule has 1 saturated heterocycles. The van der Waals surface area contributed by atoms with Gasteiger partial charge in [-0.1, -0.05) is 11.6 Å². The fourth-order valence-corrected chi connectivity index (χ4v) is 4.36. The van der Waals surface area contributed by atoms with Crippen LogP contribution in [0.5, 0.6) is 11.5 Å². The number of hydrogen-bond acceptors (Lipinski definition) is 6. The van der Waals surface area contributed by atoms with Gasteiger partial charge in [0, 0.05) is 38.1 Å². The second-order valence-corrected chi connectivity index (χ2v) is 8.72. The van der Waals surface area contributed by atoms with Crippen LogP contribution in [0.3, 0.4) is 0 Å². The smallest absolute Gasteiger partial charge is 0.226 e. The first-order valence-corrected chi connectivity index (χ1v) is 11.0. The average Bonchev–Trinajstić information content (AvgIpc) is 2.97. The van der Waals surface area contributed by atoms with Crippen molar-refractivity contribution in [2.24, 2.45) is 0 Å². The predicted octanol–water partition coefficient (Wildman–Crippen LogP) is 4.63. The predicted molar refractivity (Wildman–Crippen MR) is 126 cm³/mol. The lowest BCUT2D eigenvalue weighted by Crippen LogP contribution is -2.31. The maximum Gasteiger partial charge on any atom is 0.226 e. The van der Waals surface area contributed by atoms with Gasteiger partial charge in [0.1, 0.15) is 0 Å². The summed E-state index contributed by atoms with van der Waals surface area (Å²) in [5.41, 5.74) is 5.58. The van der Waals surface area contributed by atoms with Crippen molar-refractivity contribution in [1.82, 2.24) is 14.9 Å². The number of anilines is 1. The lowest BCUT2D eigenvalue weighted by Gasteiger charge is -2.23.